The van der Waals surface area contributed by atoms with Gasteiger partial charge >= 0.3 is 5.97 Å². The predicted molar refractivity (Wildman–Crippen MR) is 64.6 cm³/mol. The van der Waals surface area contributed by atoms with E-state index in [1.165, 1.54) is 0 Å². The summed E-state index contributed by atoms with van der Waals surface area (Å²) in [6, 6.07) is 2.63. The van der Waals surface area contributed by atoms with Gasteiger partial charge in [-0.25, -0.2) is 17.6 Å². The number of hydrogen-bond donors (Lipinski definition) is 0. The first-order valence-electron chi connectivity index (χ1n) is 5.27. The Labute approximate surface area is 109 Å². The van der Waals surface area contributed by atoms with Crippen LogP contribution >= 0.6 is 10.7 Å². The summed E-state index contributed by atoms with van der Waals surface area (Å²) in [5.74, 6) is -1.64. The molecule has 1 aromatic carbocycles. The van der Waals surface area contributed by atoms with E-state index in [1.807, 2.05) is 6.92 Å². The van der Waals surface area contributed by atoms with Crippen LogP contribution in [0.2, 0.25) is 0 Å². The number of benzene rings is 1. The van der Waals surface area contributed by atoms with Crippen molar-refractivity contribution >= 4 is 25.7 Å². The van der Waals surface area contributed by atoms with Crippen LogP contribution in [0.4, 0.5) is 4.39 Å². The molecule has 0 saturated heterocycles. The van der Waals surface area contributed by atoms with Gasteiger partial charge < -0.3 is 4.74 Å². The van der Waals surface area contributed by atoms with Crippen molar-refractivity contribution in [2.24, 2.45) is 0 Å². The molecule has 18 heavy (non-hydrogen) atoms. The Balaban J connectivity index is 2.96. The van der Waals surface area contributed by atoms with Gasteiger partial charge in [0.1, 0.15) is 5.82 Å². The highest BCUT2D eigenvalue weighted by atomic mass is 35.7. The number of esters is 1. The smallest absolute Gasteiger partial charge is 0.338 e. The Kier molecular flexibility index (Phi) is 5.10. The van der Waals surface area contributed by atoms with Gasteiger partial charge in [0.15, 0.2) is 0 Å². The number of hydrogen-bond acceptors (Lipinski definition) is 4. The minimum atomic E-state index is -4.08. The fourth-order valence-corrected chi connectivity index (χ4v) is 2.00. The number of halogens is 2. The van der Waals surface area contributed by atoms with E-state index in [0.717, 1.165) is 24.6 Å². The van der Waals surface area contributed by atoms with Crippen molar-refractivity contribution in [3.8, 4) is 0 Å². The highest BCUT2D eigenvalue weighted by molar-refractivity contribution is 8.13. The fourth-order valence-electron chi connectivity index (χ4n) is 1.21. The van der Waals surface area contributed by atoms with E-state index in [9.17, 15) is 17.6 Å². The molecule has 0 fully saturated rings. The van der Waals surface area contributed by atoms with Gasteiger partial charge in [0.25, 0.3) is 9.05 Å². The topological polar surface area (TPSA) is 60.4 Å². The largest absolute Gasteiger partial charge is 0.462 e. The summed E-state index contributed by atoms with van der Waals surface area (Å²) in [5, 5.41) is 0. The molecule has 0 aliphatic rings. The molecule has 1 aromatic rings. The van der Waals surface area contributed by atoms with Gasteiger partial charge in [0.05, 0.1) is 17.1 Å². The molecule has 7 heteroatoms. The van der Waals surface area contributed by atoms with Crippen molar-refractivity contribution in [2.45, 2.75) is 24.7 Å². The zero-order valence-corrected chi connectivity index (χ0v) is 11.2. The minimum Gasteiger partial charge on any atom is -0.462 e. The van der Waals surface area contributed by atoms with Crippen molar-refractivity contribution in [3.63, 3.8) is 0 Å². The van der Waals surface area contributed by atoms with E-state index in [-0.39, 0.29) is 12.2 Å². The molecule has 0 heterocycles. The monoisotopic (exact) mass is 294 g/mol. The Bertz CT molecular complexity index is 542. The summed E-state index contributed by atoms with van der Waals surface area (Å²) < 4.78 is 40.2. The lowest BCUT2D eigenvalue weighted by atomic mass is 10.2. The van der Waals surface area contributed by atoms with Crippen LogP contribution < -0.4 is 0 Å². The van der Waals surface area contributed by atoms with Gasteiger partial charge in [-0.15, -0.1) is 0 Å². The molecule has 0 aromatic heterocycles. The van der Waals surface area contributed by atoms with Crippen LogP contribution in [0.3, 0.4) is 0 Å². The van der Waals surface area contributed by atoms with E-state index >= 15 is 0 Å². The van der Waals surface area contributed by atoms with Crippen molar-refractivity contribution in [1.82, 2.24) is 0 Å². The van der Waals surface area contributed by atoms with E-state index in [4.69, 9.17) is 15.4 Å². The summed E-state index contributed by atoms with van der Waals surface area (Å²) in [4.78, 5) is 11.1. The van der Waals surface area contributed by atoms with Crippen LogP contribution in [0.5, 0.6) is 0 Å². The maximum absolute atomic E-state index is 13.2. The molecular formula is C11H12ClFO4S. The molecule has 0 spiro atoms. The highest BCUT2D eigenvalue weighted by Gasteiger charge is 2.16. The van der Waals surface area contributed by atoms with Gasteiger partial charge in [-0.3, -0.25) is 0 Å². The molecule has 1 rings (SSSR count). The van der Waals surface area contributed by atoms with Crippen LogP contribution in [0.1, 0.15) is 30.1 Å². The predicted octanol–water partition coefficient (Wildman–Crippen LogP) is 2.71. The van der Waals surface area contributed by atoms with Crippen LogP contribution in [0.15, 0.2) is 23.1 Å². The molecule has 4 nitrogen and oxygen atoms in total. The summed E-state index contributed by atoms with van der Waals surface area (Å²) in [5.41, 5.74) is -0.176. The summed E-state index contributed by atoms with van der Waals surface area (Å²) >= 11 is 0. The molecule has 0 N–H and O–H groups in total. The lowest BCUT2D eigenvalue weighted by Gasteiger charge is -2.05. The summed E-state index contributed by atoms with van der Waals surface area (Å²) in [6.07, 6.45) is 1.53. The average molecular weight is 295 g/mol. The van der Waals surface area contributed by atoms with Gasteiger partial charge in [-0.05, 0) is 24.6 Å². The standard InChI is InChI=1S/C11H12ClFO4S/c1-2-3-4-17-11(14)8-5-9(13)7-10(6-8)18(12,15)16/h5-7H,2-4H2,1H3. The normalized spacial score (nSPS) is 11.3. The van der Waals surface area contributed by atoms with Gasteiger partial charge in [-0.1, -0.05) is 13.3 Å². The Hall–Kier alpha value is -1.14. The highest BCUT2D eigenvalue weighted by Crippen LogP contribution is 2.19. The molecule has 0 aliphatic carbocycles. The Morgan fingerprint density at radius 1 is 1.39 bits per heavy atom. The molecule has 0 bridgehead atoms. The van der Waals surface area contributed by atoms with Crippen molar-refractivity contribution in [3.05, 3.63) is 29.6 Å². The number of rotatable bonds is 5. The zero-order chi connectivity index (χ0) is 13.8. The molecular weight excluding hydrogens is 283 g/mol. The second-order valence-electron chi connectivity index (χ2n) is 3.60. The molecule has 0 atom stereocenters. The second kappa shape index (κ2) is 6.15. The van der Waals surface area contributed by atoms with Crippen LogP contribution in [0, 0.1) is 5.82 Å². The lowest BCUT2D eigenvalue weighted by molar-refractivity contribution is 0.0499. The van der Waals surface area contributed by atoms with Gasteiger partial charge in [0.2, 0.25) is 0 Å². The zero-order valence-electron chi connectivity index (χ0n) is 9.65. The first kappa shape index (κ1) is 14.9. The number of carbonyl (C=O) groups excluding carboxylic acids is 1. The third kappa shape index (κ3) is 4.27. The molecule has 0 unspecified atom stereocenters. The second-order valence-corrected chi connectivity index (χ2v) is 6.17. The molecule has 0 aliphatic heterocycles. The average Bonchev–Trinajstić information content (AvgIpc) is 2.27. The van der Waals surface area contributed by atoms with E-state index in [0.29, 0.717) is 6.42 Å². The van der Waals surface area contributed by atoms with E-state index in [2.05, 4.69) is 0 Å². The van der Waals surface area contributed by atoms with Crippen molar-refractivity contribution in [1.29, 1.82) is 0 Å². The Morgan fingerprint density at radius 2 is 2.06 bits per heavy atom. The minimum absolute atomic E-state index is 0.176. The maximum atomic E-state index is 13.2. The molecule has 100 valence electrons. The quantitative estimate of drug-likeness (QED) is 0.476. The first-order chi connectivity index (χ1) is 8.34. The van der Waals surface area contributed by atoms with E-state index < -0.39 is 25.7 Å². The summed E-state index contributed by atoms with van der Waals surface area (Å²) in [7, 11) is 1.01. The Morgan fingerprint density at radius 3 is 2.61 bits per heavy atom. The van der Waals surface area contributed by atoms with Gasteiger partial charge in [0, 0.05) is 10.7 Å². The molecule has 0 saturated carbocycles. The molecule has 0 radical (unpaired) electrons. The molecule has 0 amide bonds. The number of unbranched alkanes of at least 4 members (excludes halogenated alkanes) is 1. The number of carbonyl (C=O) groups is 1. The SMILES string of the molecule is CCCCOC(=O)c1cc(F)cc(S(=O)(=O)Cl)c1. The van der Waals surface area contributed by atoms with Crippen LogP contribution in [-0.4, -0.2) is 21.0 Å². The number of ether oxygens (including phenoxy) is 1. The van der Waals surface area contributed by atoms with Crippen LogP contribution in [-0.2, 0) is 13.8 Å². The van der Waals surface area contributed by atoms with Crippen molar-refractivity contribution in [2.75, 3.05) is 6.61 Å². The third-order valence-electron chi connectivity index (χ3n) is 2.12. The third-order valence-corrected chi connectivity index (χ3v) is 3.45. The van der Waals surface area contributed by atoms with E-state index in [1.54, 1.807) is 0 Å². The maximum Gasteiger partial charge on any atom is 0.338 e. The van der Waals surface area contributed by atoms with Crippen LogP contribution in [0.25, 0.3) is 0 Å². The van der Waals surface area contributed by atoms with Gasteiger partial charge in [-0.2, -0.15) is 0 Å². The van der Waals surface area contributed by atoms with Crippen molar-refractivity contribution < 1.29 is 22.3 Å². The summed E-state index contributed by atoms with van der Waals surface area (Å²) in [6.45, 7) is 2.13. The lowest BCUT2D eigenvalue weighted by Crippen LogP contribution is -2.08. The fraction of sp³-hybridized carbons (Fsp3) is 0.364. The first-order valence-corrected chi connectivity index (χ1v) is 7.58.